The van der Waals surface area contributed by atoms with Gasteiger partial charge in [-0.05, 0) is 25.3 Å². The minimum atomic E-state index is 0.0671. The third kappa shape index (κ3) is 2.86. The Morgan fingerprint density at radius 1 is 1.38 bits per heavy atom. The Balaban J connectivity index is 1.45. The van der Waals surface area contributed by atoms with Gasteiger partial charge in [0.2, 0.25) is 11.1 Å². The molecule has 2 aliphatic heterocycles. The summed E-state index contributed by atoms with van der Waals surface area (Å²) in [6, 6.07) is 5.45. The number of piperidine rings is 1. The number of fused-ring (bicyclic) bond motifs is 4. The minimum absolute atomic E-state index is 0.0671. The van der Waals surface area contributed by atoms with Gasteiger partial charge in [0.25, 0.3) is 5.56 Å². The van der Waals surface area contributed by atoms with Crippen molar-refractivity contribution in [2.45, 2.75) is 31.0 Å². The topological polar surface area (TPSA) is 83.9 Å². The number of carbonyl (C=O) groups is 1. The van der Waals surface area contributed by atoms with E-state index >= 15 is 0 Å². The molecule has 8 heteroatoms. The van der Waals surface area contributed by atoms with E-state index < -0.39 is 0 Å². The molecule has 126 valence electrons. The van der Waals surface area contributed by atoms with Crippen LogP contribution in [-0.2, 0) is 11.3 Å². The van der Waals surface area contributed by atoms with Gasteiger partial charge in [-0.15, -0.1) is 5.10 Å². The zero-order chi connectivity index (χ0) is 16.7. The Hall–Kier alpha value is -2.09. The van der Waals surface area contributed by atoms with Crippen LogP contribution in [0.4, 0.5) is 0 Å². The fourth-order valence-corrected chi connectivity index (χ4v) is 4.45. The number of carbonyl (C=O) groups excluding carboxylic acids is 1. The van der Waals surface area contributed by atoms with Crippen molar-refractivity contribution >= 4 is 17.7 Å². The van der Waals surface area contributed by atoms with Crippen molar-refractivity contribution in [2.75, 3.05) is 18.8 Å². The average molecular weight is 345 g/mol. The normalized spacial score (nSPS) is 22.3. The summed E-state index contributed by atoms with van der Waals surface area (Å²) < 4.78 is 1.88. The van der Waals surface area contributed by atoms with Gasteiger partial charge in [0.15, 0.2) is 0 Å². The molecule has 0 aliphatic carbocycles. The molecule has 1 N–H and O–H groups in total. The first-order chi connectivity index (χ1) is 11.6. The summed E-state index contributed by atoms with van der Waals surface area (Å²) >= 11 is 1.36. The first-order valence-electron chi connectivity index (χ1n) is 8.09. The number of thioether (sulfide) groups is 1. The lowest BCUT2D eigenvalue weighted by molar-refractivity contribution is -0.131. The molecule has 2 atom stereocenters. The van der Waals surface area contributed by atoms with E-state index in [1.165, 1.54) is 11.8 Å². The lowest BCUT2D eigenvalue weighted by Crippen LogP contribution is -2.49. The molecular weight excluding hydrogens is 326 g/mol. The van der Waals surface area contributed by atoms with Crippen LogP contribution in [0.5, 0.6) is 0 Å². The Morgan fingerprint density at radius 2 is 2.25 bits per heavy atom. The number of nitrogens with one attached hydrogen (secondary N) is 1. The number of nitrogens with zero attached hydrogens (tertiary/aromatic N) is 4. The fourth-order valence-electron chi connectivity index (χ4n) is 3.70. The molecule has 0 unspecified atom stereocenters. The Bertz CT molecular complexity index is 830. The molecule has 2 aromatic heterocycles. The van der Waals surface area contributed by atoms with Crippen LogP contribution >= 0.6 is 11.8 Å². The zero-order valence-electron chi connectivity index (χ0n) is 13.4. The summed E-state index contributed by atoms with van der Waals surface area (Å²) in [5.41, 5.74) is 1.13. The molecule has 1 fully saturated rings. The molecule has 2 aliphatic rings. The van der Waals surface area contributed by atoms with E-state index in [4.69, 9.17) is 0 Å². The fraction of sp³-hybridized carbons (Fsp3) is 0.500. The van der Waals surface area contributed by atoms with Crippen molar-refractivity contribution < 1.29 is 4.79 Å². The van der Waals surface area contributed by atoms with Crippen LogP contribution in [0.1, 0.15) is 23.9 Å². The highest BCUT2D eigenvalue weighted by Crippen LogP contribution is 2.35. The van der Waals surface area contributed by atoms with Gasteiger partial charge in [0, 0.05) is 37.3 Å². The number of aromatic amines is 1. The molecule has 0 spiro atoms. The molecule has 0 aromatic carbocycles. The van der Waals surface area contributed by atoms with Crippen LogP contribution in [0.15, 0.2) is 28.2 Å². The van der Waals surface area contributed by atoms with Gasteiger partial charge >= 0.3 is 0 Å². The second kappa shape index (κ2) is 6.08. The number of rotatable bonds is 3. The Kier molecular flexibility index (Phi) is 3.91. The Labute approximate surface area is 143 Å². The predicted octanol–water partition coefficient (Wildman–Crippen LogP) is 1.01. The van der Waals surface area contributed by atoms with Crippen molar-refractivity contribution in [1.82, 2.24) is 24.6 Å². The van der Waals surface area contributed by atoms with Gasteiger partial charge in [-0.3, -0.25) is 14.7 Å². The second-order valence-corrected chi connectivity index (χ2v) is 7.43. The van der Waals surface area contributed by atoms with Gasteiger partial charge in [0.05, 0.1) is 5.75 Å². The number of H-pyrrole nitrogens is 1. The smallest absolute Gasteiger partial charge is 0.250 e. The van der Waals surface area contributed by atoms with Crippen LogP contribution in [-0.4, -0.2) is 49.4 Å². The van der Waals surface area contributed by atoms with Crippen LogP contribution in [0.2, 0.25) is 0 Å². The monoisotopic (exact) mass is 345 g/mol. The van der Waals surface area contributed by atoms with Crippen molar-refractivity contribution in [3.8, 4) is 0 Å². The first kappa shape index (κ1) is 15.4. The summed E-state index contributed by atoms with van der Waals surface area (Å²) in [6.45, 7) is 3.96. The predicted molar refractivity (Wildman–Crippen MR) is 90.0 cm³/mol. The number of hydrogen-bond donors (Lipinski definition) is 1. The maximum absolute atomic E-state index is 12.6. The molecule has 4 rings (SSSR count). The standard InChI is InChI=1S/C16H19N5O2S/c1-10-17-16(19-18-10)24-9-15(23)20-6-11-5-12(8-20)13-3-2-4-14(22)21(13)7-11/h2-4,11-12H,5-9H2,1H3,(H,17,18,19)/t11-,12+/m0/s1. The van der Waals surface area contributed by atoms with Crippen LogP contribution in [0.3, 0.4) is 0 Å². The molecule has 1 amide bonds. The summed E-state index contributed by atoms with van der Waals surface area (Å²) in [6.07, 6.45) is 1.06. The van der Waals surface area contributed by atoms with Gasteiger partial charge in [-0.2, -0.15) is 0 Å². The molecule has 0 radical (unpaired) electrons. The average Bonchev–Trinajstić information content (AvgIpc) is 2.99. The van der Waals surface area contributed by atoms with Crippen molar-refractivity contribution in [3.63, 3.8) is 0 Å². The maximum atomic E-state index is 12.6. The van der Waals surface area contributed by atoms with Crippen molar-refractivity contribution in [1.29, 1.82) is 0 Å². The third-order valence-corrected chi connectivity index (χ3v) is 5.57. The highest BCUT2D eigenvalue weighted by atomic mass is 32.2. The van der Waals surface area contributed by atoms with Crippen LogP contribution < -0.4 is 5.56 Å². The number of likely N-dealkylation sites (tertiary alicyclic amines) is 1. The summed E-state index contributed by atoms with van der Waals surface area (Å²) in [5.74, 6) is 1.82. The highest BCUT2D eigenvalue weighted by molar-refractivity contribution is 7.99. The van der Waals surface area contributed by atoms with E-state index in [2.05, 4.69) is 15.2 Å². The van der Waals surface area contributed by atoms with Gasteiger partial charge in [0.1, 0.15) is 5.82 Å². The quantitative estimate of drug-likeness (QED) is 0.840. The molecule has 4 heterocycles. The van der Waals surface area contributed by atoms with E-state index in [1.807, 2.05) is 28.5 Å². The van der Waals surface area contributed by atoms with E-state index in [9.17, 15) is 9.59 Å². The minimum Gasteiger partial charge on any atom is -0.341 e. The number of aryl methyl sites for hydroxylation is 1. The van der Waals surface area contributed by atoms with E-state index in [-0.39, 0.29) is 17.4 Å². The molecule has 7 nitrogen and oxygen atoms in total. The molecular formula is C16H19N5O2S. The van der Waals surface area contributed by atoms with Crippen LogP contribution in [0, 0.1) is 12.8 Å². The van der Waals surface area contributed by atoms with E-state index in [0.717, 1.165) is 24.5 Å². The number of hydrogen-bond acceptors (Lipinski definition) is 5. The van der Waals surface area contributed by atoms with E-state index in [1.54, 1.807) is 6.07 Å². The SMILES string of the molecule is Cc1nc(SCC(=O)N2C[C@@H]3C[C@H](C2)c2cccc(=O)n2C3)n[nH]1. The zero-order valence-corrected chi connectivity index (χ0v) is 14.3. The largest absolute Gasteiger partial charge is 0.341 e. The molecule has 0 saturated carbocycles. The highest BCUT2D eigenvalue weighted by Gasteiger charge is 2.36. The van der Waals surface area contributed by atoms with Gasteiger partial charge < -0.3 is 9.47 Å². The van der Waals surface area contributed by atoms with E-state index in [0.29, 0.717) is 29.9 Å². The lowest BCUT2D eigenvalue weighted by atomic mass is 9.83. The second-order valence-electron chi connectivity index (χ2n) is 6.49. The van der Waals surface area contributed by atoms with Crippen molar-refractivity contribution in [2.24, 2.45) is 5.92 Å². The van der Waals surface area contributed by atoms with Gasteiger partial charge in [-0.1, -0.05) is 17.8 Å². The van der Waals surface area contributed by atoms with Crippen LogP contribution in [0.25, 0.3) is 0 Å². The molecule has 2 bridgehead atoms. The summed E-state index contributed by atoms with van der Waals surface area (Å²) in [4.78, 5) is 30.7. The molecule has 2 aromatic rings. The first-order valence-corrected chi connectivity index (χ1v) is 9.08. The van der Waals surface area contributed by atoms with Crippen molar-refractivity contribution in [3.05, 3.63) is 40.1 Å². The number of amides is 1. The Morgan fingerprint density at radius 3 is 3.04 bits per heavy atom. The lowest BCUT2D eigenvalue weighted by Gasteiger charge is -2.42. The molecule has 24 heavy (non-hydrogen) atoms. The van der Waals surface area contributed by atoms with Gasteiger partial charge in [-0.25, -0.2) is 4.98 Å². The third-order valence-electron chi connectivity index (χ3n) is 4.73. The summed E-state index contributed by atoms with van der Waals surface area (Å²) in [5, 5.41) is 7.44. The maximum Gasteiger partial charge on any atom is 0.250 e. The summed E-state index contributed by atoms with van der Waals surface area (Å²) in [7, 11) is 0. The number of aromatic nitrogens is 4. The number of pyridine rings is 1. The molecule has 1 saturated heterocycles.